The van der Waals surface area contributed by atoms with Crippen molar-refractivity contribution in [3.63, 3.8) is 0 Å². The Kier molecular flexibility index (Phi) is 52.8. The fourth-order valence-electron chi connectivity index (χ4n) is 0. The summed E-state index contributed by atoms with van der Waals surface area (Å²) in [5.41, 5.74) is 0. The molecule has 0 N–H and O–H groups in total. The smallest absolute Gasteiger partial charge is 0.357 e. The third-order valence-electron chi connectivity index (χ3n) is 0. The predicted octanol–water partition coefficient (Wildman–Crippen LogP) is -13.7. The average molecular weight is 322 g/mol. The molecule has 0 saturated heterocycles. The first-order valence-corrected chi connectivity index (χ1v) is 4.17. The Balaban J connectivity index is -0.0000000270. The number of hydrogen-bond donors (Lipinski definition) is 0. The maximum absolute atomic E-state index is 8.41. The van der Waals surface area contributed by atoms with Crippen LogP contribution in [0.2, 0.25) is 0 Å². The van der Waals surface area contributed by atoms with Crippen LogP contribution in [-0.2, 0) is 13.5 Å². The SMILES string of the molecule is [K+].[O-][Cl+2]([O-])[O-].[O-][Cl+2]([O-])[O-].[O-][Cl+2]([O-])[O-].[S+2]. The molecule has 0 heterocycles. The molecule has 9 nitrogen and oxygen atoms in total. The molecule has 0 saturated carbocycles. The standard InChI is InChI=1S/3ClO3.K.S/c3*2-1(3)4;;/q3*-1;+1;+2. The zero-order chi connectivity index (χ0) is 10.7. The van der Waals surface area contributed by atoms with Crippen LogP contribution in [-0.4, -0.2) is 0 Å². The fraction of sp³-hybridized carbons (Fsp3) is 0. The van der Waals surface area contributed by atoms with E-state index in [4.69, 9.17) is 41.9 Å². The van der Waals surface area contributed by atoms with Gasteiger partial charge in [0.25, 0.3) is 0 Å². The minimum Gasteiger partial charge on any atom is -0.357 e. The van der Waals surface area contributed by atoms with Gasteiger partial charge in [-0.05, 0) is 0 Å². The summed E-state index contributed by atoms with van der Waals surface area (Å²) in [7, 11) is -8.56. The number of halogens is 3. The van der Waals surface area contributed by atoms with E-state index in [1.54, 1.807) is 0 Å². The van der Waals surface area contributed by atoms with E-state index in [9.17, 15) is 0 Å². The van der Waals surface area contributed by atoms with Crippen molar-refractivity contribution in [1.29, 1.82) is 0 Å². The molecule has 0 aliphatic heterocycles. The second kappa shape index (κ2) is 24.6. The molecular formula is Cl3KO9S. The molecule has 0 aromatic rings. The molecule has 14 heteroatoms. The first kappa shape index (κ1) is 30.0. The third-order valence-corrected chi connectivity index (χ3v) is 0. The third kappa shape index (κ3) is 424. The Bertz CT molecular complexity index is 48.5. The van der Waals surface area contributed by atoms with E-state index in [0.29, 0.717) is 0 Å². The van der Waals surface area contributed by atoms with Crippen LogP contribution in [0.5, 0.6) is 0 Å². The molecule has 0 fully saturated rings. The van der Waals surface area contributed by atoms with Gasteiger partial charge in [-0.15, -0.1) is 0 Å². The Labute approximate surface area is 137 Å². The Morgan fingerprint density at radius 3 is 0.429 bits per heavy atom. The summed E-state index contributed by atoms with van der Waals surface area (Å²) in [5.74, 6) is 0. The Hall–Kier alpha value is 2.50. The number of rotatable bonds is 0. The van der Waals surface area contributed by atoms with Crippen molar-refractivity contribution in [3.8, 4) is 0 Å². The largest absolute Gasteiger partial charge is 2.00 e. The van der Waals surface area contributed by atoms with Crippen LogP contribution >= 0.6 is 0 Å². The monoisotopic (exact) mass is 320 g/mol. The van der Waals surface area contributed by atoms with E-state index < -0.39 is 32.4 Å². The second-order valence-electron chi connectivity index (χ2n) is 0.567. The molecule has 14 heavy (non-hydrogen) atoms. The van der Waals surface area contributed by atoms with Gasteiger partial charge in [0.15, 0.2) is 0 Å². The molecule has 0 aromatic heterocycles. The van der Waals surface area contributed by atoms with E-state index in [2.05, 4.69) is 0 Å². The van der Waals surface area contributed by atoms with Crippen molar-refractivity contribution in [2.75, 3.05) is 0 Å². The van der Waals surface area contributed by atoms with Gasteiger partial charge in [0.1, 0.15) is 0 Å². The normalized spacial score (nSPS) is 7.71. The van der Waals surface area contributed by atoms with Crippen molar-refractivity contribution in [3.05, 3.63) is 0 Å². The summed E-state index contributed by atoms with van der Waals surface area (Å²) in [6, 6.07) is 0. The molecule has 0 atom stereocenters. The van der Waals surface area contributed by atoms with Crippen LogP contribution in [0.15, 0.2) is 0 Å². The van der Waals surface area contributed by atoms with E-state index in [-0.39, 0.29) is 64.9 Å². The van der Waals surface area contributed by atoms with Crippen LogP contribution < -0.4 is 93.3 Å². The summed E-state index contributed by atoms with van der Waals surface area (Å²) in [4.78, 5) is 0. The molecule has 0 rings (SSSR count). The topological polar surface area (TPSA) is 208 Å². The molecule has 0 aliphatic carbocycles. The van der Waals surface area contributed by atoms with E-state index in [0.717, 1.165) is 0 Å². The van der Waals surface area contributed by atoms with Gasteiger partial charge in [0.05, 0.1) is 32.4 Å². The second-order valence-corrected chi connectivity index (χ2v) is 1.70. The van der Waals surface area contributed by atoms with Gasteiger partial charge in [-0.1, -0.05) is 0 Å². The van der Waals surface area contributed by atoms with Crippen molar-refractivity contribution in [1.82, 2.24) is 0 Å². The quantitative estimate of drug-likeness (QED) is 0.387. The fourth-order valence-corrected chi connectivity index (χ4v) is 0. The minimum atomic E-state index is -2.85. The minimum absolute atomic E-state index is 0. The zero-order valence-corrected chi connectivity index (χ0v) is 12.4. The summed E-state index contributed by atoms with van der Waals surface area (Å²) in [6.07, 6.45) is 0. The molecule has 0 aliphatic rings. The van der Waals surface area contributed by atoms with Crippen LogP contribution in [0.4, 0.5) is 0 Å². The van der Waals surface area contributed by atoms with Gasteiger partial charge in [-0.3, -0.25) is 0 Å². The maximum Gasteiger partial charge on any atom is 2.00 e. The van der Waals surface area contributed by atoms with Crippen molar-refractivity contribution >= 4 is 13.5 Å². The molecule has 0 spiro atoms. The van der Waals surface area contributed by atoms with Gasteiger partial charge >= 0.3 is 64.9 Å². The van der Waals surface area contributed by atoms with Crippen LogP contribution in [0.25, 0.3) is 0 Å². The summed E-state index contributed by atoms with van der Waals surface area (Å²) >= 11 is 0. The van der Waals surface area contributed by atoms with E-state index in [1.165, 1.54) is 0 Å². The van der Waals surface area contributed by atoms with Gasteiger partial charge in [-0.25, -0.2) is 0 Å². The van der Waals surface area contributed by atoms with Gasteiger partial charge in [0, 0.05) is 0 Å². The van der Waals surface area contributed by atoms with Gasteiger partial charge in [-0.2, -0.15) is 0 Å². The van der Waals surface area contributed by atoms with Gasteiger partial charge in [0.2, 0.25) is 0 Å². The summed E-state index contributed by atoms with van der Waals surface area (Å²) < 4.78 is 75.7. The van der Waals surface area contributed by atoms with E-state index in [1.807, 2.05) is 0 Å². The first-order valence-electron chi connectivity index (χ1n) is 1.39. The molecule has 0 amide bonds. The summed E-state index contributed by atoms with van der Waals surface area (Å²) in [5, 5.41) is 0. The Morgan fingerprint density at radius 2 is 0.429 bits per heavy atom. The van der Waals surface area contributed by atoms with Crippen LogP contribution in [0.3, 0.4) is 0 Å². The average Bonchev–Trinajstić information content (AvgIpc) is 1.54. The molecule has 4 radical (unpaired) electrons. The molecular weight excluding hydrogens is 322 g/mol. The van der Waals surface area contributed by atoms with Crippen molar-refractivity contribution in [2.24, 2.45) is 0 Å². The maximum atomic E-state index is 8.41. The van der Waals surface area contributed by atoms with Crippen LogP contribution in [0, 0.1) is 32.4 Å². The van der Waals surface area contributed by atoms with Crippen molar-refractivity contribution < 1.29 is 126 Å². The van der Waals surface area contributed by atoms with Gasteiger partial charge < -0.3 is 41.9 Å². The van der Waals surface area contributed by atoms with E-state index >= 15 is 0 Å². The molecule has 0 unspecified atom stereocenters. The molecule has 0 aromatic carbocycles. The summed E-state index contributed by atoms with van der Waals surface area (Å²) in [6.45, 7) is 0. The number of hydrogen-bond acceptors (Lipinski definition) is 9. The molecule has 82 valence electrons. The molecule has 0 bridgehead atoms. The Morgan fingerprint density at radius 1 is 0.429 bits per heavy atom. The zero-order valence-electron chi connectivity index (χ0n) is 6.22. The first-order chi connectivity index (χ1) is 5.20. The predicted molar refractivity (Wildman–Crippen MR) is 7.37 cm³/mol. The van der Waals surface area contributed by atoms with Crippen LogP contribution in [0.1, 0.15) is 0 Å². The van der Waals surface area contributed by atoms with Crippen molar-refractivity contribution in [2.45, 2.75) is 0 Å².